The van der Waals surface area contributed by atoms with Gasteiger partial charge in [-0.1, -0.05) is 5.16 Å². The lowest BCUT2D eigenvalue weighted by atomic mass is 10.1. The summed E-state index contributed by atoms with van der Waals surface area (Å²) in [5.74, 6) is 0.607. The highest BCUT2D eigenvalue weighted by molar-refractivity contribution is 7.89. The first kappa shape index (κ1) is 15.5. The molecule has 0 aliphatic carbocycles. The number of hydrogen-bond acceptors (Lipinski definition) is 5. The monoisotopic (exact) mass is 309 g/mol. The van der Waals surface area contributed by atoms with Crippen molar-refractivity contribution in [1.82, 2.24) is 9.88 Å². The van der Waals surface area contributed by atoms with E-state index in [-0.39, 0.29) is 11.4 Å². The molecule has 0 spiro atoms. The highest BCUT2D eigenvalue weighted by Crippen LogP contribution is 2.23. The third-order valence-corrected chi connectivity index (χ3v) is 5.08. The Labute approximate surface area is 124 Å². The van der Waals surface area contributed by atoms with Gasteiger partial charge in [0.2, 0.25) is 10.0 Å². The van der Waals surface area contributed by atoms with E-state index in [1.807, 2.05) is 6.92 Å². The van der Waals surface area contributed by atoms with Gasteiger partial charge in [-0.25, -0.2) is 13.1 Å². The summed E-state index contributed by atoms with van der Waals surface area (Å²) < 4.78 is 32.5. The summed E-state index contributed by atoms with van der Waals surface area (Å²) >= 11 is 0. The predicted octanol–water partition coefficient (Wildman–Crippen LogP) is 1.97. The Bertz CT molecular complexity index is 760. The zero-order valence-electron chi connectivity index (χ0n) is 12.5. The van der Waals surface area contributed by atoms with Crippen LogP contribution in [0.4, 0.5) is 5.69 Å². The van der Waals surface area contributed by atoms with Crippen molar-refractivity contribution < 1.29 is 12.9 Å². The molecule has 0 atom stereocenters. The number of nitrogen functional groups attached to an aromatic ring is 1. The molecule has 3 N–H and O–H groups in total. The fraction of sp³-hybridized carbons (Fsp3) is 0.357. The Morgan fingerprint density at radius 1 is 1.24 bits per heavy atom. The van der Waals surface area contributed by atoms with Gasteiger partial charge in [-0.2, -0.15) is 0 Å². The summed E-state index contributed by atoms with van der Waals surface area (Å²) in [6.45, 7) is 7.25. The molecule has 0 fully saturated rings. The SMILES string of the molecule is Cc1cc(N)cc(S(=O)(=O)NCc2c(C)noc2C)c1C. The normalized spacial score (nSPS) is 11.8. The number of nitrogens with two attached hydrogens (primary N) is 1. The minimum atomic E-state index is -3.64. The summed E-state index contributed by atoms with van der Waals surface area (Å²) in [6, 6.07) is 3.22. The first-order valence-electron chi connectivity index (χ1n) is 6.50. The van der Waals surface area contributed by atoms with Crippen LogP contribution in [0.3, 0.4) is 0 Å². The van der Waals surface area contributed by atoms with Crippen LogP contribution in [-0.2, 0) is 16.6 Å². The van der Waals surface area contributed by atoms with Crippen LogP contribution in [0.5, 0.6) is 0 Å². The van der Waals surface area contributed by atoms with Gasteiger partial charge in [0.15, 0.2) is 0 Å². The fourth-order valence-corrected chi connectivity index (χ4v) is 3.48. The zero-order valence-corrected chi connectivity index (χ0v) is 13.3. The maximum Gasteiger partial charge on any atom is 0.241 e. The van der Waals surface area contributed by atoms with E-state index in [1.165, 1.54) is 6.07 Å². The highest BCUT2D eigenvalue weighted by atomic mass is 32.2. The van der Waals surface area contributed by atoms with Gasteiger partial charge in [0, 0.05) is 17.8 Å². The standard InChI is InChI=1S/C14H19N3O3S/c1-8-5-12(15)6-14(9(8)2)21(18,19)16-7-13-10(3)17-20-11(13)4/h5-6,16H,7,15H2,1-4H3. The summed E-state index contributed by atoms with van der Waals surface area (Å²) in [5.41, 5.74) is 9.13. The minimum absolute atomic E-state index is 0.136. The fourth-order valence-electron chi connectivity index (χ4n) is 2.13. The summed E-state index contributed by atoms with van der Waals surface area (Å²) in [5, 5.41) is 3.81. The van der Waals surface area contributed by atoms with Crippen LogP contribution >= 0.6 is 0 Å². The molecule has 2 rings (SSSR count). The van der Waals surface area contributed by atoms with E-state index in [0.29, 0.717) is 22.7 Å². The van der Waals surface area contributed by atoms with E-state index >= 15 is 0 Å². The molecule has 0 aliphatic heterocycles. The average Bonchev–Trinajstić information content (AvgIpc) is 2.71. The molecule has 2 aromatic rings. The van der Waals surface area contributed by atoms with Crippen molar-refractivity contribution in [3.63, 3.8) is 0 Å². The van der Waals surface area contributed by atoms with Crippen LogP contribution in [0.1, 0.15) is 28.1 Å². The van der Waals surface area contributed by atoms with Crippen molar-refractivity contribution in [2.45, 2.75) is 39.1 Å². The van der Waals surface area contributed by atoms with Crippen LogP contribution in [0.25, 0.3) is 0 Å². The maximum absolute atomic E-state index is 12.5. The molecule has 0 bridgehead atoms. The molecule has 6 nitrogen and oxygen atoms in total. The number of hydrogen-bond donors (Lipinski definition) is 2. The highest BCUT2D eigenvalue weighted by Gasteiger charge is 2.20. The number of anilines is 1. The van der Waals surface area contributed by atoms with Crippen molar-refractivity contribution >= 4 is 15.7 Å². The second kappa shape index (κ2) is 5.50. The maximum atomic E-state index is 12.5. The van der Waals surface area contributed by atoms with Gasteiger partial charge < -0.3 is 10.3 Å². The lowest BCUT2D eigenvalue weighted by Gasteiger charge is -2.12. The molecule has 0 aliphatic rings. The third kappa shape index (κ3) is 3.08. The first-order valence-corrected chi connectivity index (χ1v) is 7.99. The Morgan fingerprint density at radius 2 is 1.90 bits per heavy atom. The van der Waals surface area contributed by atoms with E-state index < -0.39 is 10.0 Å². The molecule has 114 valence electrons. The van der Waals surface area contributed by atoms with E-state index in [0.717, 1.165) is 11.1 Å². The number of benzene rings is 1. The van der Waals surface area contributed by atoms with E-state index in [9.17, 15) is 8.42 Å². The summed E-state index contributed by atoms with van der Waals surface area (Å²) in [6.07, 6.45) is 0. The zero-order chi connectivity index (χ0) is 15.8. The van der Waals surface area contributed by atoms with Crippen LogP contribution < -0.4 is 10.5 Å². The van der Waals surface area contributed by atoms with E-state index in [4.69, 9.17) is 10.3 Å². The first-order chi connectivity index (χ1) is 9.72. The molecule has 1 aromatic carbocycles. The van der Waals surface area contributed by atoms with Crippen LogP contribution in [0.2, 0.25) is 0 Å². The van der Waals surface area contributed by atoms with Crippen LogP contribution in [0.15, 0.2) is 21.6 Å². The van der Waals surface area contributed by atoms with Crippen molar-refractivity contribution in [3.05, 3.63) is 40.3 Å². The Balaban J connectivity index is 2.32. The second-order valence-electron chi connectivity index (χ2n) is 5.09. The van der Waals surface area contributed by atoms with Crippen molar-refractivity contribution in [2.75, 3.05) is 5.73 Å². The molecular formula is C14H19N3O3S. The molecule has 0 unspecified atom stereocenters. The van der Waals surface area contributed by atoms with Gasteiger partial charge in [-0.15, -0.1) is 0 Å². The number of nitrogens with one attached hydrogen (secondary N) is 1. The van der Waals surface area contributed by atoms with Gasteiger partial charge in [0.05, 0.1) is 10.6 Å². The van der Waals surface area contributed by atoms with Gasteiger partial charge >= 0.3 is 0 Å². The molecule has 1 aromatic heterocycles. The lowest BCUT2D eigenvalue weighted by molar-refractivity contribution is 0.392. The second-order valence-corrected chi connectivity index (χ2v) is 6.82. The number of aryl methyl sites for hydroxylation is 3. The van der Waals surface area contributed by atoms with E-state index in [2.05, 4.69) is 9.88 Å². The number of sulfonamides is 1. The number of rotatable bonds is 4. The largest absolute Gasteiger partial charge is 0.399 e. The van der Waals surface area contributed by atoms with Gasteiger partial charge in [0.25, 0.3) is 0 Å². The van der Waals surface area contributed by atoms with Gasteiger partial charge in [-0.05, 0) is 51.0 Å². The van der Waals surface area contributed by atoms with Crippen molar-refractivity contribution in [1.29, 1.82) is 0 Å². The van der Waals surface area contributed by atoms with E-state index in [1.54, 1.807) is 26.8 Å². The number of aromatic nitrogens is 1. The third-order valence-electron chi connectivity index (χ3n) is 3.55. The molecule has 7 heteroatoms. The Hall–Kier alpha value is -1.86. The summed E-state index contributed by atoms with van der Waals surface area (Å²) in [7, 11) is -3.64. The van der Waals surface area contributed by atoms with Crippen LogP contribution in [0, 0.1) is 27.7 Å². The van der Waals surface area contributed by atoms with Crippen molar-refractivity contribution in [2.24, 2.45) is 0 Å². The Morgan fingerprint density at radius 3 is 2.48 bits per heavy atom. The molecule has 0 radical (unpaired) electrons. The van der Waals surface area contributed by atoms with Crippen molar-refractivity contribution in [3.8, 4) is 0 Å². The average molecular weight is 309 g/mol. The molecule has 1 heterocycles. The topological polar surface area (TPSA) is 98.2 Å². The smallest absolute Gasteiger partial charge is 0.241 e. The molecule has 21 heavy (non-hydrogen) atoms. The minimum Gasteiger partial charge on any atom is -0.399 e. The molecule has 0 saturated carbocycles. The van der Waals surface area contributed by atoms with Gasteiger partial charge in [-0.3, -0.25) is 0 Å². The molecular weight excluding hydrogens is 290 g/mol. The quantitative estimate of drug-likeness (QED) is 0.841. The lowest BCUT2D eigenvalue weighted by Crippen LogP contribution is -2.25. The van der Waals surface area contributed by atoms with Crippen LogP contribution in [-0.4, -0.2) is 13.6 Å². The molecule has 0 amide bonds. The Kier molecular flexibility index (Phi) is 4.06. The summed E-state index contributed by atoms with van der Waals surface area (Å²) in [4.78, 5) is 0.201. The van der Waals surface area contributed by atoms with Gasteiger partial charge in [0.1, 0.15) is 5.76 Å². The number of nitrogens with zero attached hydrogens (tertiary/aromatic N) is 1. The predicted molar refractivity (Wildman–Crippen MR) is 80.3 cm³/mol. The molecule has 0 saturated heterocycles.